The third-order valence-corrected chi connectivity index (χ3v) is 3.98. The van der Waals surface area contributed by atoms with Gasteiger partial charge in [0.25, 0.3) is 11.8 Å². The lowest BCUT2D eigenvalue weighted by atomic mass is 9.87. The molecule has 0 atom stereocenters. The molecule has 2 N–H and O–H groups in total. The molecule has 0 bridgehead atoms. The summed E-state index contributed by atoms with van der Waals surface area (Å²) >= 11 is 0. The van der Waals surface area contributed by atoms with Crippen LogP contribution in [0, 0.1) is 11.6 Å². The Labute approximate surface area is 167 Å². The monoisotopic (exact) mass is 404 g/mol. The van der Waals surface area contributed by atoms with Gasteiger partial charge in [0, 0.05) is 11.6 Å². The van der Waals surface area contributed by atoms with E-state index in [0.29, 0.717) is 11.6 Å². The molecule has 29 heavy (non-hydrogen) atoms. The first-order chi connectivity index (χ1) is 13.6. The molecule has 0 fully saturated rings. The van der Waals surface area contributed by atoms with Crippen molar-refractivity contribution in [3.8, 4) is 0 Å². The molecule has 2 amide bonds. The number of carbonyl (C=O) groups excluding carboxylic acids is 3. The molecule has 154 valence electrons. The summed E-state index contributed by atoms with van der Waals surface area (Å²) in [5.41, 5.74) is 1.17. The van der Waals surface area contributed by atoms with Crippen LogP contribution in [0.2, 0.25) is 0 Å². The first-order valence-electron chi connectivity index (χ1n) is 8.85. The summed E-state index contributed by atoms with van der Waals surface area (Å²) in [7, 11) is 0. The zero-order valence-electron chi connectivity index (χ0n) is 16.3. The third kappa shape index (κ3) is 6.67. The van der Waals surface area contributed by atoms with Crippen molar-refractivity contribution in [2.75, 3.05) is 18.5 Å². The molecule has 0 aliphatic heterocycles. The zero-order valence-corrected chi connectivity index (χ0v) is 16.3. The fraction of sp³-hybridized carbons (Fsp3) is 0.286. The van der Waals surface area contributed by atoms with Gasteiger partial charge < -0.3 is 15.4 Å². The molecule has 2 aromatic carbocycles. The molecular weight excluding hydrogens is 382 g/mol. The number of amides is 2. The molecule has 6 nitrogen and oxygen atoms in total. The lowest BCUT2D eigenvalue weighted by Crippen LogP contribution is -2.32. The third-order valence-electron chi connectivity index (χ3n) is 3.98. The Kier molecular flexibility index (Phi) is 7.03. The summed E-state index contributed by atoms with van der Waals surface area (Å²) in [5, 5.41) is 4.55. The highest BCUT2D eigenvalue weighted by Gasteiger charge is 2.15. The summed E-state index contributed by atoms with van der Waals surface area (Å²) in [4.78, 5) is 35.5. The first-order valence-corrected chi connectivity index (χ1v) is 8.85. The van der Waals surface area contributed by atoms with Crippen molar-refractivity contribution in [3.63, 3.8) is 0 Å². The summed E-state index contributed by atoms with van der Waals surface area (Å²) in [6.07, 6.45) is 0. The summed E-state index contributed by atoms with van der Waals surface area (Å²) in [5.74, 6) is -3.82. The molecule has 0 aromatic heterocycles. The van der Waals surface area contributed by atoms with Gasteiger partial charge >= 0.3 is 5.97 Å². The van der Waals surface area contributed by atoms with Crippen molar-refractivity contribution in [2.45, 2.75) is 26.2 Å². The van der Waals surface area contributed by atoms with Crippen LogP contribution < -0.4 is 10.6 Å². The molecule has 2 rings (SSSR count). The van der Waals surface area contributed by atoms with E-state index >= 15 is 0 Å². The molecular formula is C21H22F2N2O4. The number of anilines is 1. The van der Waals surface area contributed by atoms with Gasteiger partial charge in [-0.2, -0.15) is 0 Å². The predicted octanol–water partition coefficient (Wildman–Crippen LogP) is 3.17. The topological polar surface area (TPSA) is 84.5 Å². The van der Waals surface area contributed by atoms with Gasteiger partial charge in [0.05, 0.1) is 5.69 Å². The summed E-state index contributed by atoms with van der Waals surface area (Å²) < 4.78 is 31.0. The van der Waals surface area contributed by atoms with Crippen LogP contribution in [0.4, 0.5) is 14.5 Å². The van der Waals surface area contributed by atoms with Crippen LogP contribution in [-0.4, -0.2) is 30.9 Å². The van der Waals surface area contributed by atoms with Gasteiger partial charge in [0.2, 0.25) is 0 Å². The molecule has 0 aliphatic carbocycles. The van der Waals surface area contributed by atoms with Gasteiger partial charge in [0.1, 0.15) is 18.2 Å². The first kappa shape index (κ1) is 22.0. The Bertz CT molecular complexity index is 906. The van der Waals surface area contributed by atoms with Crippen LogP contribution in [0.3, 0.4) is 0 Å². The van der Waals surface area contributed by atoms with Crippen LogP contribution in [0.5, 0.6) is 0 Å². The second kappa shape index (κ2) is 9.27. The van der Waals surface area contributed by atoms with E-state index < -0.39 is 42.6 Å². The van der Waals surface area contributed by atoms with Crippen molar-refractivity contribution in [1.29, 1.82) is 0 Å². The second-order valence-corrected chi connectivity index (χ2v) is 7.34. The number of benzene rings is 2. The van der Waals surface area contributed by atoms with E-state index in [1.54, 1.807) is 12.1 Å². The lowest BCUT2D eigenvalue weighted by Gasteiger charge is -2.19. The SMILES string of the molecule is CC(C)(C)c1ccc(C(=O)NCC(=O)OCC(=O)Nc2ccc(F)cc2F)cc1. The zero-order chi connectivity index (χ0) is 21.6. The largest absolute Gasteiger partial charge is 0.454 e. The molecule has 0 radical (unpaired) electrons. The minimum Gasteiger partial charge on any atom is -0.454 e. The number of rotatable bonds is 6. The Morgan fingerprint density at radius 1 is 1.00 bits per heavy atom. The van der Waals surface area contributed by atoms with Crippen molar-refractivity contribution in [3.05, 3.63) is 65.2 Å². The van der Waals surface area contributed by atoms with Gasteiger partial charge in [-0.1, -0.05) is 32.9 Å². The highest BCUT2D eigenvalue weighted by Crippen LogP contribution is 2.22. The van der Waals surface area contributed by atoms with Gasteiger partial charge in [-0.15, -0.1) is 0 Å². The van der Waals surface area contributed by atoms with Gasteiger partial charge in [0.15, 0.2) is 6.61 Å². The van der Waals surface area contributed by atoms with Crippen LogP contribution in [0.1, 0.15) is 36.7 Å². The van der Waals surface area contributed by atoms with Crippen LogP contribution in [0.15, 0.2) is 42.5 Å². The average Bonchev–Trinajstić information content (AvgIpc) is 2.66. The normalized spacial score (nSPS) is 10.9. The predicted molar refractivity (Wildman–Crippen MR) is 103 cm³/mol. The van der Waals surface area contributed by atoms with E-state index in [9.17, 15) is 23.2 Å². The molecule has 0 heterocycles. The van der Waals surface area contributed by atoms with E-state index in [2.05, 4.69) is 31.4 Å². The summed E-state index contributed by atoms with van der Waals surface area (Å²) in [6, 6.07) is 9.64. The number of esters is 1. The van der Waals surface area contributed by atoms with Gasteiger partial charge in [-0.3, -0.25) is 14.4 Å². The fourth-order valence-corrected chi connectivity index (χ4v) is 2.35. The minimum absolute atomic E-state index is 0.0454. The van der Waals surface area contributed by atoms with E-state index in [1.165, 1.54) is 0 Å². The highest BCUT2D eigenvalue weighted by atomic mass is 19.1. The van der Waals surface area contributed by atoms with E-state index in [4.69, 9.17) is 4.74 Å². The molecule has 0 saturated heterocycles. The van der Waals surface area contributed by atoms with Crippen LogP contribution in [0.25, 0.3) is 0 Å². The Balaban J connectivity index is 1.77. The average molecular weight is 404 g/mol. The minimum atomic E-state index is -0.950. The van der Waals surface area contributed by atoms with Gasteiger partial charge in [-0.25, -0.2) is 8.78 Å². The fourth-order valence-electron chi connectivity index (χ4n) is 2.35. The molecule has 0 spiro atoms. The molecule has 2 aromatic rings. The van der Waals surface area contributed by atoms with Crippen LogP contribution in [-0.2, 0) is 19.7 Å². The number of halogens is 2. The van der Waals surface area contributed by atoms with Crippen LogP contribution >= 0.6 is 0 Å². The number of ether oxygens (including phenoxy) is 1. The van der Waals surface area contributed by atoms with Crippen molar-refractivity contribution in [2.24, 2.45) is 0 Å². The number of carbonyl (C=O) groups is 3. The van der Waals surface area contributed by atoms with E-state index in [-0.39, 0.29) is 11.1 Å². The number of nitrogens with one attached hydrogen (secondary N) is 2. The van der Waals surface area contributed by atoms with Gasteiger partial charge in [-0.05, 0) is 35.2 Å². The Hall–Kier alpha value is -3.29. The van der Waals surface area contributed by atoms with Crippen molar-refractivity contribution in [1.82, 2.24) is 5.32 Å². The standard InChI is InChI=1S/C21H22F2N2O4/c1-21(2,3)14-6-4-13(5-7-14)20(28)24-11-19(27)29-12-18(26)25-17-9-8-15(22)10-16(17)23/h4-10H,11-12H2,1-3H3,(H,24,28)(H,25,26). The number of hydrogen-bond acceptors (Lipinski definition) is 4. The quantitative estimate of drug-likeness (QED) is 0.725. The maximum atomic E-state index is 13.5. The van der Waals surface area contributed by atoms with E-state index in [0.717, 1.165) is 17.7 Å². The van der Waals surface area contributed by atoms with E-state index in [1.807, 2.05) is 12.1 Å². The number of hydrogen-bond donors (Lipinski definition) is 2. The van der Waals surface area contributed by atoms with Crippen molar-refractivity contribution < 1.29 is 27.9 Å². The highest BCUT2D eigenvalue weighted by molar-refractivity contribution is 5.96. The maximum absolute atomic E-state index is 13.5. The van der Waals surface area contributed by atoms with Crippen molar-refractivity contribution >= 4 is 23.5 Å². The summed E-state index contributed by atoms with van der Waals surface area (Å²) in [6.45, 7) is 5.06. The Morgan fingerprint density at radius 2 is 1.66 bits per heavy atom. The molecule has 0 unspecified atom stereocenters. The Morgan fingerprint density at radius 3 is 2.24 bits per heavy atom. The molecule has 8 heteroatoms. The smallest absolute Gasteiger partial charge is 0.325 e. The second-order valence-electron chi connectivity index (χ2n) is 7.34. The molecule has 0 aliphatic rings. The lowest BCUT2D eigenvalue weighted by molar-refractivity contribution is -0.146. The molecule has 0 saturated carbocycles. The maximum Gasteiger partial charge on any atom is 0.325 e.